The van der Waals surface area contributed by atoms with E-state index in [1.165, 1.54) is 37.9 Å². The fourth-order valence-electron chi connectivity index (χ4n) is 2.13. The third-order valence-electron chi connectivity index (χ3n) is 3.19. The van der Waals surface area contributed by atoms with Crippen LogP contribution in [0, 0.1) is 5.92 Å². The standard InChI is InChI=1S/C10H18OS/c11-9(7-8-3-1-4-8)10-5-2-6-12-10/h8-11H,1-7H2. The molecule has 0 amide bonds. The van der Waals surface area contributed by atoms with Crippen LogP contribution >= 0.6 is 11.8 Å². The first kappa shape index (κ1) is 8.89. The molecule has 1 heterocycles. The Morgan fingerprint density at radius 3 is 2.58 bits per heavy atom. The van der Waals surface area contributed by atoms with Gasteiger partial charge in [-0.1, -0.05) is 19.3 Å². The van der Waals surface area contributed by atoms with Gasteiger partial charge in [0.15, 0.2) is 0 Å². The van der Waals surface area contributed by atoms with Crippen molar-refractivity contribution in [3.8, 4) is 0 Å². The van der Waals surface area contributed by atoms with Crippen LogP contribution in [0.3, 0.4) is 0 Å². The van der Waals surface area contributed by atoms with E-state index < -0.39 is 0 Å². The van der Waals surface area contributed by atoms with E-state index in [1.54, 1.807) is 0 Å². The van der Waals surface area contributed by atoms with Crippen LogP contribution in [0.2, 0.25) is 0 Å². The minimum atomic E-state index is 0.00259. The van der Waals surface area contributed by atoms with Crippen molar-refractivity contribution in [3.05, 3.63) is 0 Å². The van der Waals surface area contributed by atoms with Crippen molar-refractivity contribution in [2.75, 3.05) is 5.75 Å². The van der Waals surface area contributed by atoms with Gasteiger partial charge in [0.2, 0.25) is 0 Å². The molecule has 0 spiro atoms. The Bertz CT molecular complexity index is 139. The molecule has 2 atom stereocenters. The van der Waals surface area contributed by atoms with Crippen molar-refractivity contribution in [1.82, 2.24) is 0 Å². The van der Waals surface area contributed by atoms with Crippen molar-refractivity contribution >= 4 is 11.8 Å². The summed E-state index contributed by atoms with van der Waals surface area (Å²) in [5.41, 5.74) is 0. The minimum absolute atomic E-state index is 0.00259. The van der Waals surface area contributed by atoms with E-state index in [2.05, 4.69) is 0 Å². The van der Waals surface area contributed by atoms with Crippen LogP contribution in [0.1, 0.15) is 38.5 Å². The maximum Gasteiger partial charge on any atom is 0.0661 e. The molecule has 2 unspecified atom stereocenters. The van der Waals surface area contributed by atoms with E-state index in [1.807, 2.05) is 11.8 Å². The van der Waals surface area contributed by atoms with Crippen molar-refractivity contribution in [3.63, 3.8) is 0 Å². The predicted molar refractivity (Wildman–Crippen MR) is 53.4 cm³/mol. The highest BCUT2D eigenvalue weighted by atomic mass is 32.2. The second-order valence-electron chi connectivity index (χ2n) is 4.15. The monoisotopic (exact) mass is 186 g/mol. The van der Waals surface area contributed by atoms with Crippen LogP contribution in [0.15, 0.2) is 0 Å². The zero-order chi connectivity index (χ0) is 8.39. The van der Waals surface area contributed by atoms with Crippen molar-refractivity contribution in [1.29, 1.82) is 0 Å². The van der Waals surface area contributed by atoms with Gasteiger partial charge in [-0.3, -0.25) is 0 Å². The maximum absolute atomic E-state index is 9.86. The number of hydrogen-bond acceptors (Lipinski definition) is 2. The molecule has 70 valence electrons. The van der Waals surface area contributed by atoms with Crippen LogP contribution in [-0.2, 0) is 0 Å². The smallest absolute Gasteiger partial charge is 0.0661 e. The molecule has 12 heavy (non-hydrogen) atoms. The molecule has 2 heteroatoms. The van der Waals surface area contributed by atoms with Gasteiger partial charge in [0, 0.05) is 5.25 Å². The van der Waals surface area contributed by atoms with Gasteiger partial charge in [0.1, 0.15) is 0 Å². The van der Waals surface area contributed by atoms with E-state index in [-0.39, 0.29) is 6.10 Å². The van der Waals surface area contributed by atoms with Crippen LogP contribution < -0.4 is 0 Å². The predicted octanol–water partition coefficient (Wildman–Crippen LogP) is 2.43. The third kappa shape index (κ3) is 1.97. The fourth-order valence-corrected chi connectivity index (χ4v) is 3.43. The number of aliphatic hydroxyl groups excluding tert-OH is 1. The molecular weight excluding hydrogens is 168 g/mol. The number of rotatable bonds is 3. The summed E-state index contributed by atoms with van der Waals surface area (Å²) < 4.78 is 0. The summed E-state index contributed by atoms with van der Waals surface area (Å²) in [6.45, 7) is 0. The number of hydrogen-bond donors (Lipinski definition) is 1. The minimum Gasteiger partial charge on any atom is -0.392 e. The lowest BCUT2D eigenvalue weighted by Gasteiger charge is -2.29. The molecule has 1 N–H and O–H groups in total. The Balaban J connectivity index is 1.71. The van der Waals surface area contributed by atoms with E-state index in [9.17, 15) is 5.11 Å². The first-order valence-corrected chi connectivity index (χ1v) is 6.21. The van der Waals surface area contributed by atoms with Gasteiger partial charge in [-0.25, -0.2) is 0 Å². The second-order valence-corrected chi connectivity index (χ2v) is 5.50. The lowest BCUT2D eigenvalue weighted by atomic mass is 9.81. The van der Waals surface area contributed by atoms with E-state index in [0.29, 0.717) is 5.25 Å². The van der Waals surface area contributed by atoms with Crippen LogP contribution in [-0.4, -0.2) is 22.2 Å². The first-order chi connectivity index (χ1) is 5.86. The summed E-state index contributed by atoms with van der Waals surface area (Å²) in [6.07, 6.45) is 7.79. The molecule has 1 nitrogen and oxygen atoms in total. The van der Waals surface area contributed by atoms with Crippen LogP contribution in [0.4, 0.5) is 0 Å². The summed E-state index contributed by atoms with van der Waals surface area (Å²) >= 11 is 1.98. The summed E-state index contributed by atoms with van der Waals surface area (Å²) in [5, 5.41) is 10.4. The third-order valence-corrected chi connectivity index (χ3v) is 4.70. The highest BCUT2D eigenvalue weighted by Gasteiger charge is 2.28. The van der Waals surface area contributed by atoms with Crippen molar-refractivity contribution in [2.24, 2.45) is 5.92 Å². The molecule has 0 aromatic heterocycles. The molecule has 0 aromatic carbocycles. The molecule has 2 aliphatic rings. The average molecular weight is 186 g/mol. The normalized spacial score (nSPS) is 33.2. The molecule has 1 saturated heterocycles. The average Bonchev–Trinajstić information content (AvgIpc) is 2.47. The van der Waals surface area contributed by atoms with E-state index >= 15 is 0 Å². The largest absolute Gasteiger partial charge is 0.392 e. The molecule has 0 radical (unpaired) electrons. The van der Waals surface area contributed by atoms with Gasteiger partial charge in [-0.05, 0) is 30.9 Å². The van der Waals surface area contributed by atoms with Gasteiger partial charge in [-0.15, -0.1) is 0 Å². The molecule has 1 saturated carbocycles. The Labute approximate surface area is 78.9 Å². The van der Waals surface area contributed by atoms with Crippen LogP contribution in [0.5, 0.6) is 0 Å². The highest BCUT2D eigenvalue weighted by molar-refractivity contribution is 8.00. The van der Waals surface area contributed by atoms with Crippen molar-refractivity contribution in [2.45, 2.75) is 49.9 Å². The van der Waals surface area contributed by atoms with E-state index in [4.69, 9.17) is 0 Å². The number of thioether (sulfide) groups is 1. The van der Waals surface area contributed by atoms with Gasteiger partial charge >= 0.3 is 0 Å². The van der Waals surface area contributed by atoms with Gasteiger partial charge < -0.3 is 5.11 Å². The molecule has 1 aliphatic carbocycles. The molecule has 1 aliphatic heterocycles. The maximum atomic E-state index is 9.86. The van der Waals surface area contributed by atoms with Gasteiger partial charge in [0.25, 0.3) is 0 Å². The molecule has 0 bridgehead atoms. The van der Waals surface area contributed by atoms with Crippen molar-refractivity contribution < 1.29 is 5.11 Å². The molecular formula is C10H18OS. The Hall–Kier alpha value is 0.310. The highest BCUT2D eigenvalue weighted by Crippen LogP contribution is 2.36. The quantitative estimate of drug-likeness (QED) is 0.730. The summed E-state index contributed by atoms with van der Waals surface area (Å²) in [5.74, 6) is 2.13. The molecule has 0 aromatic rings. The SMILES string of the molecule is OC(CC1CCC1)C1CCCS1. The van der Waals surface area contributed by atoms with Gasteiger partial charge in [-0.2, -0.15) is 11.8 Å². The summed E-state index contributed by atoms with van der Waals surface area (Å²) in [7, 11) is 0. The molecule has 2 fully saturated rings. The van der Waals surface area contributed by atoms with E-state index in [0.717, 1.165) is 12.3 Å². The molecule has 2 rings (SSSR count). The Morgan fingerprint density at radius 2 is 2.08 bits per heavy atom. The lowest BCUT2D eigenvalue weighted by molar-refractivity contribution is 0.114. The van der Waals surface area contributed by atoms with Gasteiger partial charge in [0.05, 0.1) is 6.10 Å². The summed E-state index contributed by atoms with van der Waals surface area (Å²) in [6, 6.07) is 0. The fraction of sp³-hybridized carbons (Fsp3) is 1.00. The zero-order valence-electron chi connectivity index (χ0n) is 7.54. The lowest BCUT2D eigenvalue weighted by Crippen LogP contribution is -2.26. The zero-order valence-corrected chi connectivity index (χ0v) is 8.35. The topological polar surface area (TPSA) is 20.2 Å². The Kier molecular flexibility index (Phi) is 2.97. The first-order valence-electron chi connectivity index (χ1n) is 5.16. The van der Waals surface area contributed by atoms with Crippen LogP contribution in [0.25, 0.3) is 0 Å². The second kappa shape index (κ2) is 4.01. The number of aliphatic hydroxyl groups is 1. The Morgan fingerprint density at radius 1 is 1.25 bits per heavy atom. The summed E-state index contributed by atoms with van der Waals surface area (Å²) in [4.78, 5) is 0.